The smallest absolute Gasteiger partial charge is 0.306 e. The van der Waals surface area contributed by atoms with Gasteiger partial charge in [0.15, 0.2) is 6.10 Å². The SMILES string of the molecule is CCCCC/C=C\C/C=C\C/C=C\CCCCCCCCC(=O)OC(COC(=O)CCCCCCCCC/C=C\CCCCCCCCC)COC(=O)CCCCCCCCCCCCCC/C=C\C/C=C\C/C=C\CCCCCCC. The average molecular weight is 1140 g/mol. The highest BCUT2D eigenvalue weighted by atomic mass is 16.6. The van der Waals surface area contributed by atoms with Crippen LogP contribution in [0, 0.1) is 0 Å². The molecule has 0 aliphatic carbocycles. The van der Waals surface area contributed by atoms with Crippen molar-refractivity contribution in [1.29, 1.82) is 0 Å². The molecule has 1 unspecified atom stereocenters. The molecule has 1 atom stereocenters. The number of hydrogen-bond acceptors (Lipinski definition) is 6. The highest BCUT2D eigenvalue weighted by Crippen LogP contribution is 2.17. The summed E-state index contributed by atoms with van der Waals surface area (Å²) in [6, 6.07) is 0. The van der Waals surface area contributed by atoms with Crippen molar-refractivity contribution in [1.82, 2.24) is 0 Å². The molecular weight excluding hydrogens is 1010 g/mol. The summed E-state index contributed by atoms with van der Waals surface area (Å²) >= 11 is 0. The third-order valence-corrected chi connectivity index (χ3v) is 15.6. The minimum atomic E-state index is -0.789. The number of carbonyl (C=O) groups is 3. The Morgan fingerprint density at radius 3 is 0.720 bits per heavy atom. The number of carbonyl (C=O) groups excluding carboxylic acids is 3. The van der Waals surface area contributed by atoms with Crippen molar-refractivity contribution >= 4 is 17.9 Å². The summed E-state index contributed by atoms with van der Waals surface area (Å²) in [4.78, 5) is 38.5. The maximum absolute atomic E-state index is 13.0. The van der Waals surface area contributed by atoms with E-state index in [1.807, 2.05) is 0 Å². The predicted octanol–water partition coefficient (Wildman–Crippen LogP) is 24.6. The van der Waals surface area contributed by atoms with Crippen LogP contribution in [0.5, 0.6) is 0 Å². The highest BCUT2D eigenvalue weighted by molar-refractivity contribution is 5.71. The van der Waals surface area contributed by atoms with E-state index in [4.69, 9.17) is 14.2 Å². The molecule has 0 bridgehead atoms. The topological polar surface area (TPSA) is 78.9 Å². The molecule has 0 N–H and O–H groups in total. The van der Waals surface area contributed by atoms with Crippen LogP contribution in [-0.4, -0.2) is 37.2 Å². The van der Waals surface area contributed by atoms with Gasteiger partial charge >= 0.3 is 17.9 Å². The standard InChI is InChI=1S/C76H134O6/c1-4-7-10-13-16-19-22-25-28-31-34-35-36-37-38-39-40-41-43-45-48-51-54-57-60-63-66-69-75(78)81-72-73(71-80-74(77)68-65-62-59-56-53-50-47-44-33-30-27-24-21-18-15-12-9-6-3)82-76(79)70-67-64-61-58-55-52-49-46-42-32-29-26-23-20-17-14-11-8-5-2/h17,20,22,25-26,29-31,33-34,36-37,42,46,73H,4-16,18-19,21,23-24,27-28,32,35,38-41,43-45,47-72H2,1-3H3/b20-17-,25-22-,29-26-,33-30-,34-31-,37-36-,46-42-. The number of rotatable bonds is 65. The second-order valence-electron chi connectivity index (χ2n) is 23.8. The van der Waals surface area contributed by atoms with Gasteiger partial charge in [0.1, 0.15) is 13.2 Å². The first-order chi connectivity index (χ1) is 40.5. The molecule has 0 fully saturated rings. The summed E-state index contributed by atoms with van der Waals surface area (Å²) in [5.41, 5.74) is 0. The summed E-state index contributed by atoms with van der Waals surface area (Å²) in [7, 11) is 0. The van der Waals surface area contributed by atoms with Gasteiger partial charge in [0.2, 0.25) is 0 Å². The first-order valence-corrected chi connectivity index (χ1v) is 35.6. The number of ether oxygens (including phenoxy) is 3. The van der Waals surface area contributed by atoms with E-state index >= 15 is 0 Å². The number of allylic oxidation sites excluding steroid dienone is 14. The molecule has 0 heterocycles. The first-order valence-electron chi connectivity index (χ1n) is 35.6. The Kier molecular flexibility index (Phi) is 67.2. The van der Waals surface area contributed by atoms with Crippen LogP contribution in [-0.2, 0) is 28.6 Å². The van der Waals surface area contributed by atoms with Gasteiger partial charge in [-0.15, -0.1) is 0 Å². The van der Waals surface area contributed by atoms with Gasteiger partial charge in [0, 0.05) is 19.3 Å². The van der Waals surface area contributed by atoms with Gasteiger partial charge in [-0.05, 0) is 122 Å². The molecule has 0 aliphatic rings. The van der Waals surface area contributed by atoms with Gasteiger partial charge in [-0.1, -0.05) is 305 Å². The summed E-state index contributed by atoms with van der Waals surface area (Å²) in [6.07, 6.45) is 93.1. The van der Waals surface area contributed by atoms with Crippen LogP contribution >= 0.6 is 0 Å². The lowest BCUT2D eigenvalue weighted by Gasteiger charge is -2.18. The van der Waals surface area contributed by atoms with Crippen LogP contribution in [0.25, 0.3) is 0 Å². The van der Waals surface area contributed by atoms with E-state index in [2.05, 4.69) is 106 Å². The molecule has 0 aromatic carbocycles. The fraction of sp³-hybridized carbons (Fsp3) is 0.776. The van der Waals surface area contributed by atoms with E-state index in [-0.39, 0.29) is 31.1 Å². The minimum absolute atomic E-state index is 0.0825. The molecule has 0 amide bonds. The monoisotopic (exact) mass is 1140 g/mol. The molecule has 0 saturated carbocycles. The number of unbranched alkanes of at least 4 members (excludes halogenated alkanes) is 40. The average Bonchev–Trinajstić information content (AvgIpc) is 3.47. The minimum Gasteiger partial charge on any atom is -0.462 e. The van der Waals surface area contributed by atoms with Crippen LogP contribution in [0.2, 0.25) is 0 Å². The molecule has 6 nitrogen and oxygen atoms in total. The zero-order valence-corrected chi connectivity index (χ0v) is 54.5. The second-order valence-corrected chi connectivity index (χ2v) is 23.8. The van der Waals surface area contributed by atoms with Crippen LogP contribution in [0.1, 0.15) is 361 Å². The van der Waals surface area contributed by atoms with Gasteiger partial charge in [-0.3, -0.25) is 14.4 Å². The van der Waals surface area contributed by atoms with E-state index in [0.717, 1.165) is 96.3 Å². The lowest BCUT2D eigenvalue weighted by Crippen LogP contribution is -2.30. The quantitative estimate of drug-likeness (QED) is 0.0261. The van der Waals surface area contributed by atoms with Crippen molar-refractivity contribution in [2.24, 2.45) is 0 Å². The van der Waals surface area contributed by atoms with E-state index in [9.17, 15) is 14.4 Å². The lowest BCUT2D eigenvalue weighted by atomic mass is 10.0. The summed E-state index contributed by atoms with van der Waals surface area (Å²) < 4.78 is 17.0. The molecule has 82 heavy (non-hydrogen) atoms. The highest BCUT2D eigenvalue weighted by Gasteiger charge is 2.19. The van der Waals surface area contributed by atoms with Crippen LogP contribution < -0.4 is 0 Å². The fourth-order valence-electron chi connectivity index (χ4n) is 10.2. The normalized spacial score (nSPS) is 12.6. The van der Waals surface area contributed by atoms with Crippen molar-refractivity contribution < 1.29 is 28.6 Å². The molecule has 474 valence electrons. The Morgan fingerprint density at radius 1 is 0.244 bits per heavy atom. The molecule has 0 aliphatic heterocycles. The van der Waals surface area contributed by atoms with Crippen molar-refractivity contribution in [2.45, 2.75) is 367 Å². The molecular formula is C76H134O6. The maximum Gasteiger partial charge on any atom is 0.306 e. The largest absolute Gasteiger partial charge is 0.462 e. The Bertz CT molecular complexity index is 1550. The van der Waals surface area contributed by atoms with Crippen LogP contribution in [0.15, 0.2) is 85.1 Å². The zero-order valence-electron chi connectivity index (χ0n) is 54.5. The van der Waals surface area contributed by atoms with E-state index in [0.29, 0.717) is 19.3 Å². The lowest BCUT2D eigenvalue weighted by molar-refractivity contribution is -0.167. The second kappa shape index (κ2) is 70.1. The van der Waals surface area contributed by atoms with Gasteiger partial charge in [-0.2, -0.15) is 0 Å². The zero-order chi connectivity index (χ0) is 59.2. The molecule has 0 aromatic rings. The first kappa shape index (κ1) is 78.6. The summed E-state index contributed by atoms with van der Waals surface area (Å²) in [5, 5.41) is 0. The fourth-order valence-corrected chi connectivity index (χ4v) is 10.2. The Labute approximate surface area is 509 Å². The third kappa shape index (κ3) is 67.4. The molecule has 6 heteroatoms. The van der Waals surface area contributed by atoms with Crippen LogP contribution in [0.4, 0.5) is 0 Å². The Balaban J connectivity index is 4.35. The predicted molar refractivity (Wildman–Crippen MR) is 358 cm³/mol. The third-order valence-electron chi connectivity index (χ3n) is 15.6. The van der Waals surface area contributed by atoms with Crippen molar-refractivity contribution in [3.8, 4) is 0 Å². The molecule has 0 saturated heterocycles. The van der Waals surface area contributed by atoms with Crippen molar-refractivity contribution in [3.63, 3.8) is 0 Å². The van der Waals surface area contributed by atoms with Crippen molar-refractivity contribution in [2.75, 3.05) is 13.2 Å². The number of esters is 3. The summed E-state index contributed by atoms with van der Waals surface area (Å²) in [6.45, 7) is 6.63. The van der Waals surface area contributed by atoms with E-state index in [1.54, 1.807) is 0 Å². The van der Waals surface area contributed by atoms with E-state index < -0.39 is 6.10 Å². The number of hydrogen-bond donors (Lipinski definition) is 0. The molecule has 0 aromatic heterocycles. The molecule has 0 spiro atoms. The van der Waals surface area contributed by atoms with Crippen LogP contribution in [0.3, 0.4) is 0 Å². The van der Waals surface area contributed by atoms with E-state index in [1.165, 1.54) is 225 Å². The molecule has 0 rings (SSSR count). The van der Waals surface area contributed by atoms with Gasteiger partial charge in [0.25, 0.3) is 0 Å². The van der Waals surface area contributed by atoms with Crippen molar-refractivity contribution in [3.05, 3.63) is 85.1 Å². The van der Waals surface area contributed by atoms with Gasteiger partial charge in [0.05, 0.1) is 0 Å². The van der Waals surface area contributed by atoms with Gasteiger partial charge in [-0.25, -0.2) is 0 Å². The Morgan fingerprint density at radius 2 is 0.439 bits per heavy atom. The Hall–Kier alpha value is -3.41. The molecule has 0 radical (unpaired) electrons. The van der Waals surface area contributed by atoms with Gasteiger partial charge < -0.3 is 14.2 Å². The summed E-state index contributed by atoms with van der Waals surface area (Å²) in [5.74, 6) is -0.883. The maximum atomic E-state index is 13.0.